The summed E-state index contributed by atoms with van der Waals surface area (Å²) < 4.78 is 10.7. The lowest BCUT2D eigenvalue weighted by Crippen LogP contribution is -2.58. The van der Waals surface area contributed by atoms with Gasteiger partial charge in [0.2, 0.25) is 11.8 Å². The second-order valence-corrected chi connectivity index (χ2v) is 9.17. The Morgan fingerprint density at radius 1 is 1.16 bits per heavy atom. The van der Waals surface area contributed by atoms with Crippen LogP contribution >= 0.6 is 0 Å². The van der Waals surface area contributed by atoms with Gasteiger partial charge in [0.25, 0.3) is 0 Å². The molecule has 2 aliphatic heterocycles. The summed E-state index contributed by atoms with van der Waals surface area (Å²) in [6.07, 6.45) is 4.29. The lowest BCUT2D eigenvalue weighted by atomic mass is 9.85. The molecule has 1 saturated carbocycles. The first-order valence-electron chi connectivity index (χ1n) is 11.9. The molecule has 1 aromatic rings. The number of benzene rings is 1. The lowest BCUT2D eigenvalue weighted by Gasteiger charge is -2.41. The number of nitrogens with zero attached hydrogens (tertiary/aromatic N) is 2. The summed E-state index contributed by atoms with van der Waals surface area (Å²) in [5, 5.41) is 0. The van der Waals surface area contributed by atoms with Crippen LogP contribution in [0.3, 0.4) is 0 Å². The Morgan fingerprint density at radius 2 is 1.91 bits per heavy atom. The minimum atomic E-state index is -1.01. The van der Waals surface area contributed by atoms with E-state index in [-0.39, 0.29) is 30.3 Å². The van der Waals surface area contributed by atoms with Gasteiger partial charge in [0.1, 0.15) is 5.54 Å². The van der Waals surface area contributed by atoms with E-state index in [1.165, 1.54) is 0 Å². The van der Waals surface area contributed by atoms with Crippen molar-refractivity contribution in [3.05, 3.63) is 35.9 Å². The average Bonchev–Trinajstić information content (AvgIpc) is 3.61. The molecule has 0 aromatic heterocycles. The first-order chi connectivity index (χ1) is 15.5. The molecule has 3 aliphatic rings. The van der Waals surface area contributed by atoms with Gasteiger partial charge in [0.05, 0.1) is 25.2 Å². The highest BCUT2D eigenvalue weighted by Gasteiger charge is 2.62. The minimum absolute atomic E-state index is 0.00703. The van der Waals surface area contributed by atoms with Crippen LogP contribution in [0.1, 0.15) is 57.1 Å². The average molecular weight is 443 g/mol. The molecule has 0 N–H and O–H groups in total. The summed E-state index contributed by atoms with van der Waals surface area (Å²) in [6, 6.07) is 9.17. The van der Waals surface area contributed by atoms with Crippen molar-refractivity contribution in [1.29, 1.82) is 0 Å². The molecule has 174 valence electrons. The number of carbonyl (C=O) groups is 3. The Bertz CT molecular complexity index is 840. The predicted octanol–water partition coefficient (Wildman–Crippen LogP) is 2.95. The molecule has 32 heavy (non-hydrogen) atoms. The third-order valence-electron chi connectivity index (χ3n) is 7.09. The van der Waals surface area contributed by atoms with Crippen molar-refractivity contribution in [2.45, 2.75) is 57.0 Å². The zero-order chi connectivity index (χ0) is 22.7. The molecule has 3 atom stereocenters. The summed E-state index contributed by atoms with van der Waals surface area (Å²) >= 11 is 0. The second kappa shape index (κ2) is 9.61. The molecule has 2 saturated heterocycles. The summed E-state index contributed by atoms with van der Waals surface area (Å²) in [4.78, 5) is 44.6. The van der Waals surface area contributed by atoms with Crippen molar-refractivity contribution in [3.8, 4) is 0 Å². The van der Waals surface area contributed by atoms with Crippen molar-refractivity contribution in [3.63, 3.8) is 0 Å². The summed E-state index contributed by atoms with van der Waals surface area (Å²) in [6.45, 7) is 3.64. The highest BCUT2D eigenvalue weighted by atomic mass is 16.5. The first kappa shape index (κ1) is 22.8. The molecule has 2 amide bonds. The van der Waals surface area contributed by atoms with E-state index in [9.17, 15) is 14.4 Å². The van der Waals surface area contributed by atoms with E-state index in [1.54, 1.807) is 14.0 Å². The van der Waals surface area contributed by atoms with Gasteiger partial charge < -0.3 is 19.3 Å². The Hall–Kier alpha value is -2.41. The number of hydrogen-bond donors (Lipinski definition) is 0. The predicted molar refractivity (Wildman–Crippen MR) is 119 cm³/mol. The van der Waals surface area contributed by atoms with Gasteiger partial charge in [0, 0.05) is 26.1 Å². The van der Waals surface area contributed by atoms with E-state index in [2.05, 4.69) is 0 Å². The number of rotatable bonds is 7. The summed E-state index contributed by atoms with van der Waals surface area (Å²) in [7, 11) is 1.62. The fourth-order valence-corrected chi connectivity index (χ4v) is 5.44. The second-order valence-electron chi connectivity index (χ2n) is 9.17. The van der Waals surface area contributed by atoms with Crippen molar-refractivity contribution in [1.82, 2.24) is 9.80 Å². The molecule has 2 heterocycles. The molecule has 7 nitrogen and oxygen atoms in total. The smallest absolute Gasteiger partial charge is 0.311 e. The van der Waals surface area contributed by atoms with Gasteiger partial charge in [0.15, 0.2) is 0 Å². The standard InChI is InChI=1S/C25H34N2O5/c1-3-32-23(29)20-17-25(13-7-8-14-26(24(25)30)15-16-31-2)27(22(28)19-11-12-19)21(20)18-9-5-4-6-10-18/h4-6,9-10,19-21H,3,7-8,11-17H2,1-2H3/t20-,21-,25-/m0/s1. The molecular weight excluding hydrogens is 408 g/mol. The number of carbonyl (C=O) groups excluding carboxylic acids is 3. The molecule has 4 rings (SSSR count). The van der Waals surface area contributed by atoms with Crippen molar-refractivity contribution >= 4 is 17.8 Å². The Balaban J connectivity index is 1.81. The van der Waals surface area contributed by atoms with Crippen LogP contribution in [0.15, 0.2) is 30.3 Å². The third kappa shape index (κ3) is 4.15. The van der Waals surface area contributed by atoms with Crippen LogP contribution in [0.5, 0.6) is 0 Å². The molecule has 0 radical (unpaired) electrons. The van der Waals surface area contributed by atoms with Crippen LogP contribution in [-0.2, 0) is 23.9 Å². The van der Waals surface area contributed by atoms with E-state index >= 15 is 0 Å². The Morgan fingerprint density at radius 3 is 2.56 bits per heavy atom. The third-order valence-corrected chi connectivity index (χ3v) is 7.09. The van der Waals surface area contributed by atoms with Gasteiger partial charge >= 0.3 is 5.97 Å². The van der Waals surface area contributed by atoms with Gasteiger partial charge in [-0.25, -0.2) is 0 Å². The molecular formula is C25H34N2O5. The summed E-state index contributed by atoms with van der Waals surface area (Å²) in [5.74, 6) is -0.984. The van der Waals surface area contributed by atoms with Crippen LogP contribution in [-0.4, -0.2) is 66.5 Å². The van der Waals surface area contributed by atoms with E-state index in [4.69, 9.17) is 9.47 Å². The fraction of sp³-hybridized carbons (Fsp3) is 0.640. The van der Waals surface area contributed by atoms with Gasteiger partial charge in [-0.2, -0.15) is 0 Å². The molecule has 0 unspecified atom stereocenters. The maximum atomic E-state index is 14.1. The quantitative estimate of drug-likeness (QED) is 0.607. The highest BCUT2D eigenvalue weighted by Crippen LogP contribution is 2.53. The topological polar surface area (TPSA) is 76.2 Å². The summed E-state index contributed by atoms with van der Waals surface area (Å²) in [5.41, 5.74) is -0.126. The van der Waals surface area contributed by atoms with Gasteiger partial charge in [-0.3, -0.25) is 14.4 Å². The Labute approximate surface area is 190 Å². The normalized spacial score (nSPS) is 28.1. The highest BCUT2D eigenvalue weighted by molar-refractivity contribution is 5.95. The van der Waals surface area contributed by atoms with Crippen molar-refractivity contribution in [2.75, 3.05) is 33.4 Å². The number of hydrogen-bond acceptors (Lipinski definition) is 5. The van der Waals surface area contributed by atoms with E-state index in [1.807, 2.05) is 40.1 Å². The SMILES string of the molecule is CCOC(=O)[C@H]1C[C@]2(CCCCN(CCOC)C2=O)N(C(=O)C2CC2)[C@H]1c1ccccc1. The van der Waals surface area contributed by atoms with E-state index in [0.717, 1.165) is 31.2 Å². The maximum Gasteiger partial charge on any atom is 0.311 e. The van der Waals surface area contributed by atoms with Crippen LogP contribution in [0, 0.1) is 11.8 Å². The molecule has 1 aromatic carbocycles. The number of amides is 2. The number of likely N-dealkylation sites (tertiary alicyclic amines) is 2. The minimum Gasteiger partial charge on any atom is -0.466 e. The van der Waals surface area contributed by atoms with Crippen LogP contribution in [0.4, 0.5) is 0 Å². The molecule has 1 aliphatic carbocycles. The van der Waals surface area contributed by atoms with Crippen LogP contribution < -0.4 is 0 Å². The van der Waals surface area contributed by atoms with Crippen molar-refractivity contribution < 1.29 is 23.9 Å². The Kier molecular flexibility index (Phi) is 6.84. The first-order valence-corrected chi connectivity index (χ1v) is 11.9. The number of esters is 1. The molecule has 0 bridgehead atoms. The van der Waals surface area contributed by atoms with E-state index < -0.39 is 17.5 Å². The van der Waals surface area contributed by atoms with Crippen LogP contribution in [0.25, 0.3) is 0 Å². The van der Waals surface area contributed by atoms with Gasteiger partial charge in [-0.1, -0.05) is 30.3 Å². The fourth-order valence-electron chi connectivity index (χ4n) is 5.44. The zero-order valence-corrected chi connectivity index (χ0v) is 19.1. The monoisotopic (exact) mass is 442 g/mol. The number of ether oxygens (including phenoxy) is 2. The largest absolute Gasteiger partial charge is 0.466 e. The van der Waals surface area contributed by atoms with Crippen molar-refractivity contribution in [2.24, 2.45) is 11.8 Å². The van der Waals surface area contributed by atoms with Gasteiger partial charge in [-0.05, 0) is 51.0 Å². The molecule has 3 fully saturated rings. The van der Waals surface area contributed by atoms with Gasteiger partial charge in [-0.15, -0.1) is 0 Å². The maximum absolute atomic E-state index is 14.1. The molecule has 1 spiro atoms. The van der Waals surface area contributed by atoms with Crippen LogP contribution in [0.2, 0.25) is 0 Å². The van der Waals surface area contributed by atoms with E-state index in [0.29, 0.717) is 32.5 Å². The lowest BCUT2D eigenvalue weighted by molar-refractivity contribution is -0.155. The molecule has 7 heteroatoms. The zero-order valence-electron chi connectivity index (χ0n) is 19.1. The number of methoxy groups -OCH3 is 1.